The first-order valence-corrected chi connectivity index (χ1v) is 7.32. The van der Waals surface area contributed by atoms with Gasteiger partial charge in [0.15, 0.2) is 6.61 Å². The van der Waals surface area contributed by atoms with Crippen LogP contribution in [-0.2, 0) is 17.9 Å². The van der Waals surface area contributed by atoms with Gasteiger partial charge in [-0.25, -0.2) is 0 Å². The molecule has 2 rings (SSSR count). The van der Waals surface area contributed by atoms with Gasteiger partial charge >= 0.3 is 0 Å². The van der Waals surface area contributed by atoms with E-state index >= 15 is 0 Å². The number of ether oxygens (including phenoxy) is 1. The van der Waals surface area contributed by atoms with Crippen molar-refractivity contribution in [3.8, 4) is 5.75 Å². The fourth-order valence-corrected chi connectivity index (χ4v) is 2.18. The molecule has 0 aliphatic carbocycles. The molecule has 0 saturated heterocycles. The first-order valence-electron chi connectivity index (χ1n) is 6.94. The lowest BCUT2D eigenvalue weighted by molar-refractivity contribution is -0.123. The Hall–Kier alpha value is -2.04. The lowest BCUT2D eigenvalue weighted by Crippen LogP contribution is -2.28. The molecular weight excluding hydrogens is 302 g/mol. The van der Waals surface area contributed by atoms with Crippen LogP contribution in [0, 0.1) is 6.92 Å². The molecule has 22 heavy (non-hydrogen) atoms. The van der Waals surface area contributed by atoms with Gasteiger partial charge in [-0.1, -0.05) is 41.9 Å². The van der Waals surface area contributed by atoms with Crippen molar-refractivity contribution in [3.63, 3.8) is 0 Å². The average molecular weight is 320 g/mol. The lowest BCUT2D eigenvalue weighted by atomic mass is 10.1. The van der Waals surface area contributed by atoms with E-state index in [2.05, 4.69) is 5.32 Å². The number of benzene rings is 2. The van der Waals surface area contributed by atoms with E-state index in [0.717, 1.165) is 16.7 Å². The van der Waals surface area contributed by atoms with Crippen molar-refractivity contribution in [1.82, 2.24) is 5.32 Å². The SMILES string of the molecule is Cc1c(Cl)cccc1OCC(=O)NCc1ccccc1CO. The molecular formula is C17H18ClNO3. The molecule has 0 aromatic heterocycles. The molecule has 2 aromatic rings. The summed E-state index contributed by atoms with van der Waals surface area (Å²) >= 11 is 6.00. The highest BCUT2D eigenvalue weighted by Gasteiger charge is 2.07. The normalized spacial score (nSPS) is 10.3. The minimum Gasteiger partial charge on any atom is -0.483 e. The minimum atomic E-state index is -0.230. The van der Waals surface area contributed by atoms with Gasteiger partial charge in [0.25, 0.3) is 5.91 Å². The van der Waals surface area contributed by atoms with Gasteiger partial charge in [-0.3, -0.25) is 4.79 Å². The molecule has 0 bridgehead atoms. The predicted octanol–water partition coefficient (Wildman–Crippen LogP) is 2.84. The number of aliphatic hydroxyl groups is 1. The van der Waals surface area contributed by atoms with E-state index in [9.17, 15) is 9.90 Å². The van der Waals surface area contributed by atoms with Crippen LogP contribution in [0.15, 0.2) is 42.5 Å². The van der Waals surface area contributed by atoms with Crippen molar-refractivity contribution in [3.05, 3.63) is 64.2 Å². The van der Waals surface area contributed by atoms with Gasteiger partial charge in [-0.2, -0.15) is 0 Å². The molecule has 1 amide bonds. The van der Waals surface area contributed by atoms with Crippen LogP contribution in [0.2, 0.25) is 5.02 Å². The fraction of sp³-hybridized carbons (Fsp3) is 0.235. The Morgan fingerprint density at radius 1 is 1.18 bits per heavy atom. The quantitative estimate of drug-likeness (QED) is 0.860. The van der Waals surface area contributed by atoms with Gasteiger partial charge in [-0.05, 0) is 30.2 Å². The molecule has 2 N–H and O–H groups in total. The molecule has 0 aliphatic heterocycles. The molecule has 0 aliphatic rings. The summed E-state index contributed by atoms with van der Waals surface area (Å²) in [6.45, 7) is 2.06. The van der Waals surface area contributed by atoms with E-state index in [4.69, 9.17) is 16.3 Å². The third-order valence-corrected chi connectivity index (χ3v) is 3.75. The average Bonchev–Trinajstić information content (AvgIpc) is 2.54. The topological polar surface area (TPSA) is 58.6 Å². The van der Waals surface area contributed by atoms with Gasteiger partial charge in [-0.15, -0.1) is 0 Å². The van der Waals surface area contributed by atoms with Crippen LogP contribution < -0.4 is 10.1 Å². The van der Waals surface area contributed by atoms with Gasteiger partial charge in [0.2, 0.25) is 0 Å². The number of hydrogen-bond acceptors (Lipinski definition) is 3. The lowest BCUT2D eigenvalue weighted by Gasteiger charge is -2.11. The molecule has 2 aromatic carbocycles. The summed E-state index contributed by atoms with van der Waals surface area (Å²) < 4.78 is 5.48. The first-order chi connectivity index (χ1) is 10.6. The summed E-state index contributed by atoms with van der Waals surface area (Å²) in [6, 6.07) is 12.7. The van der Waals surface area contributed by atoms with Crippen LogP contribution in [0.1, 0.15) is 16.7 Å². The van der Waals surface area contributed by atoms with Gasteiger partial charge in [0.1, 0.15) is 5.75 Å². The van der Waals surface area contributed by atoms with Crippen LogP contribution in [0.5, 0.6) is 5.75 Å². The second-order valence-corrected chi connectivity index (χ2v) is 5.26. The Morgan fingerprint density at radius 2 is 1.91 bits per heavy atom. The second kappa shape index (κ2) is 7.82. The second-order valence-electron chi connectivity index (χ2n) is 4.86. The van der Waals surface area contributed by atoms with Crippen molar-refractivity contribution in [2.45, 2.75) is 20.1 Å². The van der Waals surface area contributed by atoms with Crippen molar-refractivity contribution in [1.29, 1.82) is 0 Å². The Kier molecular flexibility index (Phi) is 5.81. The van der Waals surface area contributed by atoms with E-state index in [0.29, 0.717) is 17.3 Å². The molecule has 116 valence electrons. The third-order valence-electron chi connectivity index (χ3n) is 3.34. The van der Waals surface area contributed by atoms with Crippen LogP contribution >= 0.6 is 11.6 Å². The number of nitrogens with one attached hydrogen (secondary N) is 1. The Labute approximate surface area is 134 Å². The van der Waals surface area contributed by atoms with Crippen LogP contribution in [-0.4, -0.2) is 17.6 Å². The van der Waals surface area contributed by atoms with Crippen molar-refractivity contribution in [2.75, 3.05) is 6.61 Å². The smallest absolute Gasteiger partial charge is 0.258 e. The van der Waals surface area contributed by atoms with Gasteiger partial charge < -0.3 is 15.2 Å². The monoisotopic (exact) mass is 319 g/mol. The fourth-order valence-electron chi connectivity index (χ4n) is 2.02. The number of halogens is 1. The van der Waals surface area contributed by atoms with Crippen molar-refractivity contribution < 1.29 is 14.6 Å². The van der Waals surface area contributed by atoms with Crippen molar-refractivity contribution >= 4 is 17.5 Å². The summed E-state index contributed by atoms with van der Waals surface area (Å²) in [7, 11) is 0. The predicted molar refractivity (Wildman–Crippen MR) is 85.9 cm³/mol. The third kappa shape index (κ3) is 4.23. The summed E-state index contributed by atoms with van der Waals surface area (Å²) in [5.74, 6) is 0.366. The van der Waals surface area contributed by atoms with Crippen LogP contribution in [0.25, 0.3) is 0 Å². The number of carbonyl (C=O) groups is 1. The van der Waals surface area contributed by atoms with E-state index in [1.165, 1.54) is 0 Å². The number of rotatable bonds is 6. The van der Waals surface area contributed by atoms with Gasteiger partial charge in [0.05, 0.1) is 6.61 Å². The highest BCUT2D eigenvalue weighted by Crippen LogP contribution is 2.24. The maximum Gasteiger partial charge on any atom is 0.258 e. The Morgan fingerprint density at radius 3 is 2.64 bits per heavy atom. The summed E-state index contributed by atoms with van der Waals surface area (Å²) in [6.07, 6.45) is 0. The Balaban J connectivity index is 1.87. The maximum absolute atomic E-state index is 11.9. The largest absolute Gasteiger partial charge is 0.483 e. The zero-order chi connectivity index (χ0) is 15.9. The zero-order valence-corrected chi connectivity index (χ0v) is 13.1. The summed E-state index contributed by atoms with van der Waals surface area (Å²) in [4.78, 5) is 11.9. The number of amides is 1. The molecule has 0 saturated carbocycles. The highest BCUT2D eigenvalue weighted by molar-refractivity contribution is 6.31. The zero-order valence-electron chi connectivity index (χ0n) is 12.3. The van der Waals surface area contributed by atoms with Crippen LogP contribution in [0.3, 0.4) is 0 Å². The Bertz CT molecular complexity index is 658. The van der Waals surface area contributed by atoms with Gasteiger partial charge in [0, 0.05) is 17.1 Å². The standard InChI is InChI=1S/C17H18ClNO3/c1-12-15(18)7-4-8-16(12)22-11-17(21)19-9-13-5-2-3-6-14(13)10-20/h2-8,20H,9-11H2,1H3,(H,19,21). The molecule has 0 fully saturated rings. The van der Waals surface area contributed by atoms with E-state index in [1.54, 1.807) is 18.2 Å². The van der Waals surface area contributed by atoms with E-state index < -0.39 is 0 Å². The molecule has 0 radical (unpaired) electrons. The van der Waals surface area contributed by atoms with E-state index in [-0.39, 0.29) is 19.1 Å². The molecule has 5 heteroatoms. The number of hydrogen-bond donors (Lipinski definition) is 2. The highest BCUT2D eigenvalue weighted by atomic mass is 35.5. The summed E-state index contributed by atoms with van der Waals surface area (Å²) in [5, 5.41) is 12.6. The van der Waals surface area contributed by atoms with Crippen LogP contribution in [0.4, 0.5) is 0 Å². The first kappa shape index (κ1) is 16.3. The van der Waals surface area contributed by atoms with Crippen molar-refractivity contribution in [2.24, 2.45) is 0 Å². The maximum atomic E-state index is 11.9. The molecule has 0 atom stereocenters. The molecule has 0 unspecified atom stereocenters. The minimum absolute atomic E-state index is 0.0513. The molecule has 0 spiro atoms. The van der Waals surface area contributed by atoms with E-state index in [1.807, 2.05) is 31.2 Å². The molecule has 0 heterocycles. The molecule has 4 nitrogen and oxygen atoms in total. The summed E-state index contributed by atoms with van der Waals surface area (Å²) in [5.41, 5.74) is 2.49. The number of aliphatic hydroxyl groups excluding tert-OH is 1. The number of carbonyl (C=O) groups excluding carboxylic acids is 1.